The lowest BCUT2D eigenvalue weighted by atomic mass is 10.0. The summed E-state index contributed by atoms with van der Waals surface area (Å²) in [5, 5.41) is 4.27. The zero-order chi connectivity index (χ0) is 13.8. The van der Waals surface area contributed by atoms with Crippen LogP contribution in [-0.4, -0.2) is 14.2 Å². The van der Waals surface area contributed by atoms with Crippen molar-refractivity contribution in [2.75, 3.05) is 19.1 Å². The lowest BCUT2D eigenvalue weighted by molar-refractivity contribution is 0.407. The molecule has 1 aromatic heterocycles. The first-order valence-corrected chi connectivity index (χ1v) is 7.22. The zero-order valence-electron chi connectivity index (χ0n) is 11.6. The van der Waals surface area contributed by atoms with Crippen LogP contribution >= 0.6 is 11.3 Å². The van der Waals surface area contributed by atoms with E-state index in [2.05, 4.69) is 34.8 Å². The summed E-state index contributed by atoms with van der Waals surface area (Å²) in [6, 6.07) is 8.14. The van der Waals surface area contributed by atoms with E-state index in [0.29, 0.717) is 0 Å². The highest BCUT2D eigenvalue weighted by Gasteiger charge is 2.16. The van der Waals surface area contributed by atoms with Gasteiger partial charge in [-0.3, -0.25) is 0 Å². The molecular formula is C15H20N2OS. The molecule has 1 atom stereocenters. The van der Waals surface area contributed by atoms with E-state index in [0.717, 1.165) is 23.5 Å². The third kappa shape index (κ3) is 3.08. The summed E-state index contributed by atoms with van der Waals surface area (Å²) >= 11 is 1.72. The number of rotatable bonds is 5. The van der Waals surface area contributed by atoms with Crippen LogP contribution in [0.2, 0.25) is 0 Å². The van der Waals surface area contributed by atoms with Gasteiger partial charge in [-0.15, -0.1) is 0 Å². The molecule has 3 nitrogen and oxygen atoms in total. The fourth-order valence-electron chi connectivity index (χ4n) is 2.24. The van der Waals surface area contributed by atoms with Crippen molar-refractivity contribution in [2.45, 2.75) is 19.5 Å². The Morgan fingerprint density at radius 3 is 2.74 bits per heavy atom. The predicted octanol–water partition coefficient (Wildman–Crippen LogP) is 3.41. The van der Waals surface area contributed by atoms with Crippen molar-refractivity contribution in [1.82, 2.24) is 0 Å². The molecule has 0 aliphatic carbocycles. The van der Waals surface area contributed by atoms with Gasteiger partial charge in [0, 0.05) is 30.9 Å². The molecule has 0 amide bonds. The Labute approximate surface area is 118 Å². The van der Waals surface area contributed by atoms with Crippen molar-refractivity contribution in [3.05, 3.63) is 46.2 Å². The molecular weight excluding hydrogens is 256 g/mol. The number of hydrogen-bond acceptors (Lipinski definition) is 4. The Balaban J connectivity index is 2.32. The first kappa shape index (κ1) is 13.9. The monoisotopic (exact) mass is 276 g/mol. The maximum Gasteiger partial charge on any atom is 0.125 e. The van der Waals surface area contributed by atoms with Gasteiger partial charge in [-0.2, -0.15) is 11.3 Å². The van der Waals surface area contributed by atoms with Crippen molar-refractivity contribution >= 4 is 17.0 Å². The lowest BCUT2D eigenvalue weighted by Crippen LogP contribution is -2.20. The highest BCUT2D eigenvalue weighted by molar-refractivity contribution is 7.07. The van der Waals surface area contributed by atoms with E-state index < -0.39 is 0 Å². The van der Waals surface area contributed by atoms with E-state index in [1.54, 1.807) is 18.4 Å². The largest absolute Gasteiger partial charge is 0.496 e. The molecule has 19 heavy (non-hydrogen) atoms. The third-order valence-electron chi connectivity index (χ3n) is 3.13. The van der Waals surface area contributed by atoms with Gasteiger partial charge in [-0.25, -0.2) is 0 Å². The van der Waals surface area contributed by atoms with E-state index in [1.165, 1.54) is 5.56 Å². The lowest BCUT2D eigenvalue weighted by Gasteiger charge is -2.25. The van der Waals surface area contributed by atoms with Crippen LogP contribution in [0, 0.1) is 0 Å². The van der Waals surface area contributed by atoms with E-state index in [1.807, 2.05) is 19.1 Å². The normalized spacial score (nSPS) is 12.2. The van der Waals surface area contributed by atoms with Gasteiger partial charge < -0.3 is 15.4 Å². The van der Waals surface area contributed by atoms with Gasteiger partial charge in [-0.1, -0.05) is 6.07 Å². The first-order chi connectivity index (χ1) is 9.13. The molecule has 0 spiro atoms. The Kier molecular flexibility index (Phi) is 4.45. The van der Waals surface area contributed by atoms with Crippen molar-refractivity contribution in [3.63, 3.8) is 0 Å². The van der Waals surface area contributed by atoms with Crippen LogP contribution < -0.4 is 15.4 Å². The van der Waals surface area contributed by atoms with Gasteiger partial charge in [0.15, 0.2) is 0 Å². The highest BCUT2D eigenvalue weighted by atomic mass is 32.1. The maximum absolute atomic E-state index is 6.10. The number of methoxy groups -OCH3 is 1. The van der Waals surface area contributed by atoms with Gasteiger partial charge in [0.2, 0.25) is 0 Å². The smallest absolute Gasteiger partial charge is 0.125 e. The fraction of sp³-hybridized carbons (Fsp3) is 0.333. The number of nitrogens with zero attached hydrogens (tertiary/aromatic N) is 1. The summed E-state index contributed by atoms with van der Waals surface area (Å²) < 4.78 is 5.43. The topological polar surface area (TPSA) is 38.5 Å². The molecule has 4 heteroatoms. The summed E-state index contributed by atoms with van der Waals surface area (Å²) in [5.74, 6) is 0.852. The Morgan fingerprint density at radius 1 is 1.37 bits per heavy atom. The van der Waals surface area contributed by atoms with Crippen molar-refractivity contribution < 1.29 is 4.74 Å². The molecule has 1 unspecified atom stereocenters. The summed E-state index contributed by atoms with van der Waals surface area (Å²) in [7, 11) is 3.77. The van der Waals surface area contributed by atoms with Crippen LogP contribution in [0.4, 0.5) is 5.69 Å². The van der Waals surface area contributed by atoms with Crippen LogP contribution in [0.1, 0.15) is 24.1 Å². The average Bonchev–Trinajstić information content (AvgIpc) is 2.90. The number of nitrogens with two attached hydrogens (primary N) is 1. The molecule has 0 radical (unpaired) electrons. The summed E-state index contributed by atoms with van der Waals surface area (Å²) in [6.07, 6.45) is 0. The predicted molar refractivity (Wildman–Crippen MR) is 82.0 cm³/mol. The van der Waals surface area contributed by atoms with Crippen LogP contribution in [0.25, 0.3) is 0 Å². The molecule has 0 saturated carbocycles. The maximum atomic E-state index is 6.10. The quantitative estimate of drug-likeness (QED) is 0.909. The molecule has 102 valence electrons. The van der Waals surface area contributed by atoms with Gasteiger partial charge in [0.25, 0.3) is 0 Å². The molecule has 2 aromatic rings. The number of anilines is 1. The molecule has 0 aliphatic rings. The third-order valence-corrected chi connectivity index (χ3v) is 3.86. The molecule has 0 fully saturated rings. The van der Waals surface area contributed by atoms with Gasteiger partial charge in [-0.05, 0) is 41.4 Å². The number of thiophene rings is 1. The van der Waals surface area contributed by atoms with E-state index >= 15 is 0 Å². The van der Waals surface area contributed by atoms with Crippen LogP contribution in [0.5, 0.6) is 5.75 Å². The van der Waals surface area contributed by atoms with E-state index in [4.69, 9.17) is 10.5 Å². The second kappa shape index (κ2) is 6.08. The second-order valence-electron chi connectivity index (χ2n) is 4.67. The molecule has 0 saturated heterocycles. The van der Waals surface area contributed by atoms with Crippen molar-refractivity contribution in [2.24, 2.45) is 5.73 Å². The Hall–Kier alpha value is -1.52. The van der Waals surface area contributed by atoms with Crippen LogP contribution in [-0.2, 0) is 6.54 Å². The minimum atomic E-state index is -0.0592. The van der Waals surface area contributed by atoms with E-state index in [-0.39, 0.29) is 6.04 Å². The molecule has 0 bridgehead atoms. The minimum absolute atomic E-state index is 0.0592. The Bertz CT molecular complexity index is 523. The van der Waals surface area contributed by atoms with Gasteiger partial charge in [0.05, 0.1) is 7.11 Å². The summed E-state index contributed by atoms with van der Waals surface area (Å²) in [6.45, 7) is 2.86. The molecule has 0 aliphatic heterocycles. The van der Waals surface area contributed by atoms with Crippen LogP contribution in [0.15, 0.2) is 35.0 Å². The zero-order valence-corrected chi connectivity index (χ0v) is 12.4. The van der Waals surface area contributed by atoms with E-state index in [9.17, 15) is 0 Å². The molecule has 2 rings (SSSR count). The SMILES string of the molecule is COc1cccc(N(C)Cc2ccsc2)c1C(C)N. The first-order valence-electron chi connectivity index (χ1n) is 6.28. The average molecular weight is 276 g/mol. The summed E-state index contributed by atoms with van der Waals surface area (Å²) in [5.41, 5.74) is 9.59. The second-order valence-corrected chi connectivity index (χ2v) is 5.45. The Morgan fingerprint density at radius 2 is 2.16 bits per heavy atom. The minimum Gasteiger partial charge on any atom is -0.496 e. The van der Waals surface area contributed by atoms with Crippen molar-refractivity contribution in [3.8, 4) is 5.75 Å². The number of ether oxygens (including phenoxy) is 1. The van der Waals surface area contributed by atoms with Gasteiger partial charge in [0.1, 0.15) is 5.75 Å². The highest BCUT2D eigenvalue weighted by Crippen LogP contribution is 2.33. The standard InChI is InChI=1S/C15H20N2OS/c1-11(16)15-13(5-4-6-14(15)18-3)17(2)9-12-7-8-19-10-12/h4-8,10-11H,9,16H2,1-3H3. The van der Waals surface area contributed by atoms with Crippen LogP contribution in [0.3, 0.4) is 0 Å². The molecule has 1 aromatic carbocycles. The molecule has 2 N–H and O–H groups in total. The number of benzene rings is 1. The van der Waals surface area contributed by atoms with Gasteiger partial charge >= 0.3 is 0 Å². The number of hydrogen-bond donors (Lipinski definition) is 1. The van der Waals surface area contributed by atoms with Crippen molar-refractivity contribution in [1.29, 1.82) is 0 Å². The fourth-order valence-corrected chi connectivity index (χ4v) is 2.90. The molecule has 1 heterocycles. The summed E-state index contributed by atoms with van der Waals surface area (Å²) in [4.78, 5) is 2.21.